The van der Waals surface area contributed by atoms with E-state index in [1.54, 1.807) is 0 Å². The molecule has 1 aliphatic rings. The SMILES string of the molecule is C1=CC(c2ccc[pH]2)=CC1. The topological polar surface area (TPSA) is 0 Å². The Labute approximate surface area is 62.4 Å². The number of hydrogen-bond acceptors (Lipinski definition) is 0. The second-order valence-electron chi connectivity index (χ2n) is 2.38. The Kier molecular flexibility index (Phi) is 1.49. The first-order valence-corrected chi connectivity index (χ1v) is 4.55. The molecule has 10 heavy (non-hydrogen) atoms. The minimum absolute atomic E-state index is 0.895. The van der Waals surface area contributed by atoms with Gasteiger partial charge in [-0.05, 0) is 23.1 Å². The monoisotopic (exact) mass is 148 g/mol. The maximum absolute atomic E-state index is 2.28. The summed E-state index contributed by atoms with van der Waals surface area (Å²) in [5.74, 6) is 2.22. The summed E-state index contributed by atoms with van der Waals surface area (Å²) in [7, 11) is 0.895. The van der Waals surface area contributed by atoms with Gasteiger partial charge in [0.1, 0.15) is 0 Å². The van der Waals surface area contributed by atoms with Crippen LogP contribution in [-0.4, -0.2) is 0 Å². The van der Waals surface area contributed by atoms with Gasteiger partial charge >= 0.3 is 0 Å². The van der Waals surface area contributed by atoms with Crippen molar-refractivity contribution in [2.75, 3.05) is 0 Å². The molecule has 0 N–H and O–H groups in total. The fourth-order valence-corrected chi connectivity index (χ4v) is 2.08. The van der Waals surface area contributed by atoms with Crippen molar-refractivity contribution in [3.63, 3.8) is 0 Å². The maximum atomic E-state index is 2.28. The van der Waals surface area contributed by atoms with Crippen molar-refractivity contribution >= 4 is 13.8 Å². The Balaban J connectivity index is 2.36. The predicted molar refractivity (Wildman–Crippen MR) is 47.7 cm³/mol. The van der Waals surface area contributed by atoms with Crippen LogP contribution >= 0.6 is 8.19 Å². The van der Waals surface area contributed by atoms with Gasteiger partial charge in [-0.3, -0.25) is 0 Å². The van der Waals surface area contributed by atoms with Gasteiger partial charge in [0.2, 0.25) is 0 Å². The van der Waals surface area contributed by atoms with E-state index in [2.05, 4.69) is 36.2 Å². The molecule has 1 unspecified atom stereocenters. The molecule has 1 aromatic rings. The van der Waals surface area contributed by atoms with Crippen molar-refractivity contribution in [2.24, 2.45) is 0 Å². The van der Waals surface area contributed by atoms with Crippen molar-refractivity contribution in [3.8, 4) is 0 Å². The molecule has 0 fully saturated rings. The molecule has 0 nitrogen and oxygen atoms in total. The highest BCUT2D eigenvalue weighted by molar-refractivity contribution is 7.31. The summed E-state index contributed by atoms with van der Waals surface area (Å²) in [6.45, 7) is 0. The summed E-state index contributed by atoms with van der Waals surface area (Å²) >= 11 is 0. The van der Waals surface area contributed by atoms with Crippen LogP contribution in [0.3, 0.4) is 0 Å². The summed E-state index contributed by atoms with van der Waals surface area (Å²) in [4.78, 5) is 0. The third-order valence-electron chi connectivity index (χ3n) is 1.68. The van der Waals surface area contributed by atoms with E-state index >= 15 is 0 Å². The highest BCUT2D eigenvalue weighted by Gasteiger charge is 1.99. The highest BCUT2D eigenvalue weighted by Crippen LogP contribution is 2.28. The van der Waals surface area contributed by atoms with Crippen LogP contribution in [-0.2, 0) is 0 Å². The molecule has 2 rings (SSSR count). The molecule has 50 valence electrons. The van der Waals surface area contributed by atoms with E-state index in [1.807, 2.05) is 0 Å². The van der Waals surface area contributed by atoms with Gasteiger partial charge in [-0.2, -0.15) is 0 Å². The first-order chi connectivity index (χ1) is 4.97. The van der Waals surface area contributed by atoms with E-state index in [0.717, 1.165) is 14.6 Å². The van der Waals surface area contributed by atoms with Gasteiger partial charge in [-0.15, -0.1) is 8.19 Å². The molecule has 0 bridgehead atoms. The molecule has 0 saturated heterocycles. The van der Waals surface area contributed by atoms with Crippen LogP contribution in [0.5, 0.6) is 0 Å². The second kappa shape index (κ2) is 2.48. The molecule has 1 atom stereocenters. The lowest BCUT2D eigenvalue weighted by Gasteiger charge is -1.90. The van der Waals surface area contributed by atoms with Gasteiger partial charge in [0.25, 0.3) is 0 Å². The van der Waals surface area contributed by atoms with Crippen molar-refractivity contribution in [1.82, 2.24) is 0 Å². The Morgan fingerprint density at radius 1 is 1.40 bits per heavy atom. The van der Waals surface area contributed by atoms with Gasteiger partial charge in [0.15, 0.2) is 0 Å². The van der Waals surface area contributed by atoms with Crippen LogP contribution in [0.2, 0.25) is 0 Å². The summed E-state index contributed by atoms with van der Waals surface area (Å²) in [6.07, 6.45) is 7.83. The number of allylic oxidation sites excluding steroid dienone is 4. The zero-order valence-corrected chi connectivity index (χ0v) is 6.67. The molecule has 1 heterocycles. The first-order valence-electron chi connectivity index (χ1n) is 3.47. The Morgan fingerprint density at radius 3 is 3.00 bits per heavy atom. The largest absolute Gasteiger partial charge is 0.132 e. The Bertz CT molecular complexity index is 265. The Morgan fingerprint density at radius 2 is 2.40 bits per heavy atom. The maximum Gasteiger partial charge on any atom is -0.00215 e. The molecule has 0 spiro atoms. The van der Waals surface area contributed by atoms with Crippen LogP contribution in [0, 0.1) is 0 Å². The first kappa shape index (κ1) is 6.00. The summed E-state index contributed by atoms with van der Waals surface area (Å²) < 4.78 is 0. The molecule has 0 aliphatic heterocycles. The summed E-state index contributed by atoms with van der Waals surface area (Å²) in [6, 6.07) is 4.35. The molecule has 0 radical (unpaired) electrons. The lowest BCUT2D eigenvalue weighted by Crippen LogP contribution is -1.65. The molecule has 1 heteroatoms. The van der Waals surface area contributed by atoms with Gasteiger partial charge in [0.05, 0.1) is 0 Å². The lowest BCUT2D eigenvalue weighted by atomic mass is 10.2. The van der Waals surface area contributed by atoms with E-state index in [4.69, 9.17) is 0 Å². The molecule has 0 saturated carbocycles. The summed E-state index contributed by atoms with van der Waals surface area (Å²) in [5.41, 5.74) is 1.43. The third kappa shape index (κ3) is 0.955. The van der Waals surface area contributed by atoms with E-state index in [9.17, 15) is 0 Å². The molecule has 0 aromatic carbocycles. The van der Waals surface area contributed by atoms with Crippen molar-refractivity contribution in [2.45, 2.75) is 6.42 Å². The van der Waals surface area contributed by atoms with Crippen molar-refractivity contribution in [1.29, 1.82) is 0 Å². The van der Waals surface area contributed by atoms with Crippen LogP contribution < -0.4 is 0 Å². The average Bonchev–Trinajstić information content (AvgIpc) is 2.59. The fraction of sp³-hybridized carbons (Fsp3) is 0.111. The van der Waals surface area contributed by atoms with E-state index < -0.39 is 0 Å². The molecular formula is C9H9P. The average molecular weight is 148 g/mol. The number of rotatable bonds is 1. The zero-order valence-electron chi connectivity index (χ0n) is 5.67. The Hall–Kier alpha value is -0.740. The smallest absolute Gasteiger partial charge is 0.00215 e. The number of hydrogen-bond donors (Lipinski definition) is 0. The van der Waals surface area contributed by atoms with Crippen LogP contribution in [0.1, 0.15) is 11.7 Å². The van der Waals surface area contributed by atoms with Crippen molar-refractivity contribution < 1.29 is 0 Å². The predicted octanol–water partition coefficient (Wildman–Crippen LogP) is 3.06. The quantitative estimate of drug-likeness (QED) is 0.574. The third-order valence-corrected chi connectivity index (χ3v) is 2.81. The van der Waals surface area contributed by atoms with Crippen LogP contribution in [0.25, 0.3) is 5.57 Å². The van der Waals surface area contributed by atoms with Gasteiger partial charge in [-0.1, -0.05) is 30.4 Å². The minimum atomic E-state index is 0.895. The standard InChI is InChI=1S/C9H9P/c1-2-5-8(4-1)9-6-3-7-10-9/h1,3-7,10H,2H2. The van der Waals surface area contributed by atoms with E-state index in [-0.39, 0.29) is 0 Å². The van der Waals surface area contributed by atoms with E-state index in [0.29, 0.717) is 0 Å². The zero-order chi connectivity index (χ0) is 6.81. The van der Waals surface area contributed by atoms with Gasteiger partial charge in [0, 0.05) is 0 Å². The summed E-state index contributed by atoms with van der Waals surface area (Å²) in [5, 5.41) is 1.49. The fourth-order valence-electron chi connectivity index (χ4n) is 1.17. The normalized spacial score (nSPS) is 16.6. The highest BCUT2D eigenvalue weighted by atomic mass is 31.0. The van der Waals surface area contributed by atoms with Crippen LogP contribution in [0.4, 0.5) is 0 Å². The van der Waals surface area contributed by atoms with Crippen molar-refractivity contribution in [3.05, 3.63) is 41.5 Å². The van der Waals surface area contributed by atoms with Crippen LogP contribution in [0.15, 0.2) is 36.2 Å². The molecule has 1 aromatic heterocycles. The lowest BCUT2D eigenvalue weighted by molar-refractivity contribution is 1.45. The molecular weight excluding hydrogens is 139 g/mol. The molecule has 0 amide bonds. The van der Waals surface area contributed by atoms with Gasteiger partial charge in [-0.25, -0.2) is 0 Å². The van der Waals surface area contributed by atoms with Gasteiger partial charge < -0.3 is 0 Å². The molecule has 1 aliphatic carbocycles. The second-order valence-corrected chi connectivity index (χ2v) is 3.54. The van der Waals surface area contributed by atoms with E-state index in [1.165, 1.54) is 10.9 Å². The minimum Gasteiger partial charge on any atom is -0.132 e.